The smallest absolute Gasteiger partial charge is 0.335 e. The summed E-state index contributed by atoms with van der Waals surface area (Å²) in [5.41, 5.74) is 0. The molecule has 1 rings (SSSR count). The second-order valence-electron chi connectivity index (χ2n) is 1.53. The van der Waals surface area contributed by atoms with E-state index in [1.54, 1.807) is 12.4 Å². The molecule has 0 amide bonds. The maximum atomic E-state index is 3.73. The number of rotatable bonds is 0. The molecule has 0 saturated heterocycles. The Morgan fingerprint density at radius 3 is 2.10 bits per heavy atom. The van der Waals surface area contributed by atoms with Gasteiger partial charge in [-0.15, -0.1) is 0 Å². The van der Waals surface area contributed by atoms with Crippen LogP contribution in [0.15, 0.2) is 24.5 Å². The molecule has 0 fully saturated rings. The molecule has 0 aliphatic heterocycles. The van der Waals surface area contributed by atoms with Crippen LogP contribution in [0.3, 0.4) is 0 Å². The van der Waals surface area contributed by atoms with Gasteiger partial charge in [0.05, 0.1) is 0 Å². The van der Waals surface area contributed by atoms with Crippen molar-refractivity contribution in [3.63, 3.8) is 0 Å². The number of aromatic nitrogens is 1. The minimum Gasteiger partial charge on any atom is -0.335 e. The number of hydrogen-bond donors (Lipinski definition) is 0. The van der Waals surface area contributed by atoms with Crippen molar-refractivity contribution < 1.29 is 18.6 Å². The van der Waals surface area contributed by atoms with E-state index in [1.165, 1.54) is 0 Å². The average molecular weight is 172 g/mol. The van der Waals surface area contributed by atoms with E-state index in [1.807, 2.05) is 32.4 Å². The summed E-state index contributed by atoms with van der Waals surface area (Å²) in [7, 11) is 0. The molecule has 10 heavy (non-hydrogen) atoms. The number of nitrogens with zero attached hydrogens (tertiary/aromatic N) is 1. The van der Waals surface area contributed by atoms with Crippen LogP contribution in [0.25, 0.3) is 0 Å². The van der Waals surface area contributed by atoms with Gasteiger partial charge in [-0.25, -0.2) is 12.1 Å². The Labute approximate surface area is 74.8 Å². The van der Waals surface area contributed by atoms with Crippen molar-refractivity contribution in [2.45, 2.75) is 13.8 Å². The van der Waals surface area contributed by atoms with Crippen LogP contribution in [-0.2, 0) is 18.6 Å². The summed E-state index contributed by atoms with van der Waals surface area (Å²) in [6.07, 6.45) is 5.34. The Bertz CT molecular complexity index is 92.1. The zero-order valence-corrected chi connectivity index (χ0v) is 7.68. The first-order valence-electron chi connectivity index (χ1n) is 2.92. The average Bonchev–Trinajstić information content (AvgIpc) is 1.93. The van der Waals surface area contributed by atoms with Crippen LogP contribution in [0, 0.1) is 12.5 Å². The van der Waals surface area contributed by atoms with Crippen molar-refractivity contribution in [2.75, 3.05) is 0 Å². The third-order valence-electron chi connectivity index (χ3n) is 0.514. The van der Waals surface area contributed by atoms with Crippen LogP contribution in [0.4, 0.5) is 0 Å². The molecule has 0 saturated carbocycles. The van der Waals surface area contributed by atoms with Gasteiger partial charge in [-0.05, 0) is 0 Å². The van der Waals surface area contributed by atoms with Crippen LogP contribution in [0.2, 0.25) is 0 Å². The van der Waals surface area contributed by atoms with Crippen LogP contribution >= 0.6 is 0 Å². The van der Waals surface area contributed by atoms with Crippen molar-refractivity contribution >= 4 is 0 Å². The summed E-state index contributed by atoms with van der Waals surface area (Å²) >= 11 is 0. The van der Waals surface area contributed by atoms with Crippen LogP contribution < -0.4 is 0 Å². The number of hydrogen-bond acceptors (Lipinski definition) is 1. The Balaban J connectivity index is 0. The largest absolute Gasteiger partial charge is 2.00 e. The maximum absolute atomic E-state index is 3.73. The molecule has 0 aromatic carbocycles. The van der Waals surface area contributed by atoms with Gasteiger partial charge >= 0.3 is 18.6 Å². The summed E-state index contributed by atoms with van der Waals surface area (Å²) in [5, 5.41) is 0. The predicted molar refractivity (Wildman–Crippen MR) is 38.7 cm³/mol. The van der Waals surface area contributed by atoms with E-state index >= 15 is 0 Å². The van der Waals surface area contributed by atoms with Gasteiger partial charge < -0.3 is 11.4 Å². The third-order valence-corrected chi connectivity index (χ3v) is 0.514. The van der Waals surface area contributed by atoms with Gasteiger partial charge in [0.1, 0.15) is 0 Å². The predicted octanol–water partition coefficient (Wildman–Crippen LogP) is 2.11. The van der Waals surface area contributed by atoms with Crippen LogP contribution in [0.5, 0.6) is 0 Å². The molecule has 53 valence electrons. The van der Waals surface area contributed by atoms with Crippen molar-refractivity contribution in [1.82, 2.24) is 4.98 Å². The molecule has 0 atom stereocenters. The Morgan fingerprint density at radius 2 is 2.00 bits per heavy atom. The van der Waals surface area contributed by atoms with E-state index < -0.39 is 0 Å². The van der Waals surface area contributed by atoms with Crippen molar-refractivity contribution in [3.05, 3.63) is 37.0 Å². The van der Waals surface area contributed by atoms with E-state index in [-0.39, 0.29) is 18.6 Å². The number of pyridine rings is 1. The van der Waals surface area contributed by atoms with Crippen molar-refractivity contribution in [2.24, 2.45) is 0 Å². The fraction of sp³-hybridized carbons (Fsp3) is 0.250. The van der Waals surface area contributed by atoms with Crippen LogP contribution in [-0.4, -0.2) is 4.98 Å². The minimum absolute atomic E-state index is 0. The molecule has 1 aromatic heterocycles. The molecule has 0 unspecified atom stereocenters. The van der Waals surface area contributed by atoms with Crippen LogP contribution in [0.1, 0.15) is 13.8 Å². The Morgan fingerprint density at radius 1 is 1.40 bits per heavy atom. The summed E-state index contributed by atoms with van der Waals surface area (Å²) in [6, 6.07) is 6.43. The topological polar surface area (TPSA) is 12.9 Å². The summed E-state index contributed by atoms with van der Waals surface area (Å²) in [6.45, 7) is 4.00. The van der Waals surface area contributed by atoms with E-state index in [9.17, 15) is 0 Å². The molecule has 0 bridgehead atoms. The van der Waals surface area contributed by atoms with E-state index in [2.05, 4.69) is 11.1 Å². The zero-order valence-electron chi connectivity index (χ0n) is 6.28. The zero-order chi connectivity index (χ0) is 6.95. The minimum atomic E-state index is 0. The molecule has 1 nitrogen and oxygen atoms in total. The molecule has 0 N–H and O–H groups in total. The van der Waals surface area contributed by atoms with Crippen molar-refractivity contribution in [1.29, 1.82) is 0 Å². The van der Waals surface area contributed by atoms with Crippen molar-refractivity contribution in [3.8, 4) is 0 Å². The van der Waals surface area contributed by atoms with Gasteiger partial charge in [0, 0.05) is 0 Å². The van der Waals surface area contributed by atoms with E-state index in [0.717, 1.165) is 0 Å². The maximum Gasteiger partial charge on any atom is 2.00 e. The molecule has 1 heterocycles. The summed E-state index contributed by atoms with van der Waals surface area (Å²) in [4.78, 5) is 3.73. The first kappa shape index (κ1) is 12.4. The molecule has 0 spiro atoms. The summed E-state index contributed by atoms with van der Waals surface area (Å²) < 4.78 is 0. The molecular weight excluding hydrogens is 161 g/mol. The molecule has 0 aliphatic rings. The summed E-state index contributed by atoms with van der Waals surface area (Å²) in [5.74, 6) is 0. The molecule has 1 aromatic rings. The van der Waals surface area contributed by atoms with Gasteiger partial charge in [0.2, 0.25) is 0 Å². The molecule has 0 aliphatic carbocycles. The van der Waals surface area contributed by atoms with Gasteiger partial charge in [-0.3, -0.25) is 0 Å². The standard InChI is InChI=1S/C5H4N.C3H7.V/c1-2-4-6-5-3-1;1-3-2;/h1-2,4-5H;3H,1-2H3;/q2*-1;+2. The SMILES string of the molecule is C[CH-]C.[V+2].[c-]1cccnc1. The molecule has 2 heteroatoms. The normalized spacial score (nSPS) is 6.60. The second-order valence-corrected chi connectivity index (χ2v) is 1.53. The van der Waals surface area contributed by atoms with Gasteiger partial charge in [-0.2, -0.15) is 19.9 Å². The van der Waals surface area contributed by atoms with Gasteiger partial charge in [0.15, 0.2) is 0 Å². The van der Waals surface area contributed by atoms with E-state index in [4.69, 9.17) is 0 Å². The molecular formula is C8H11NV. The van der Waals surface area contributed by atoms with Gasteiger partial charge in [-0.1, -0.05) is 12.4 Å². The first-order chi connectivity index (χ1) is 4.41. The quantitative estimate of drug-likeness (QED) is 0.546. The fourth-order valence-electron chi connectivity index (χ4n) is 0.277. The van der Waals surface area contributed by atoms with E-state index in [0.29, 0.717) is 0 Å². The Hall–Kier alpha value is -0.266. The third kappa shape index (κ3) is 10.7. The first-order valence-corrected chi connectivity index (χ1v) is 2.92. The Kier molecular flexibility index (Phi) is 14.3. The second kappa shape index (κ2) is 11.5. The fourth-order valence-corrected chi connectivity index (χ4v) is 0.277. The molecule has 1 radical (unpaired) electrons. The monoisotopic (exact) mass is 172 g/mol. The van der Waals surface area contributed by atoms with Gasteiger partial charge in [0.25, 0.3) is 0 Å².